The van der Waals surface area contributed by atoms with Crippen LogP contribution in [0.1, 0.15) is 22.6 Å². The molecule has 0 spiro atoms. The molecule has 0 saturated carbocycles. The molecule has 1 N–H and O–H groups in total. The monoisotopic (exact) mass is 309 g/mol. The van der Waals surface area contributed by atoms with Crippen molar-refractivity contribution in [2.45, 2.75) is 19.5 Å². The van der Waals surface area contributed by atoms with Gasteiger partial charge in [-0.1, -0.05) is 11.6 Å². The minimum atomic E-state index is -0.270. The quantitative estimate of drug-likeness (QED) is 0.779. The Morgan fingerprint density at radius 3 is 3.14 bits per heavy atom. The fraction of sp³-hybridized carbons (Fsp3) is 0.385. The van der Waals surface area contributed by atoms with Crippen molar-refractivity contribution in [1.29, 1.82) is 0 Å². The van der Waals surface area contributed by atoms with Crippen molar-refractivity contribution in [1.82, 2.24) is 25.1 Å². The van der Waals surface area contributed by atoms with Crippen molar-refractivity contribution in [3.63, 3.8) is 0 Å². The molecule has 0 aromatic carbocycles. The zero-order valence-electron chi connectivity index (χ0n) is 11.6. The number of carbonyl (C=O) groups excluding carboxylic acids is 1. The number of rotatable bonds is 7. The zero-order valence-corrected chi connectivity index (χ0v) is 12.4. The SMILES string of the molecule is COCCCn1cnnc1CNC(=O)c1ccncc1Cl. The Kier molecular flexibility index (Phi) is 5.65. The number of amides is 1. The van der Waals surface area contributed by atoms with Gasteiger partial charge in [0.05, 0.1) is 17.1 Å². The summed E-state index contributed by atoms with van der Waals surface area (Å²) >= 11 is 5.93. The molecule has 7 nitrogen and oxygen atoms in total. The number of hydrogen-bond acceptors (Lipinski definition) is 5. The second-order valence-electron chi connectivity index (χ2n) is 4.33. The van der Waals surface area contributed by atoms with E-state index in [1.54, 1.807) is 19.5 Å². The van der Waals surface area contributed by atoms with E-state index in [0.717, 1.165) is 13.0 Å². The standard InChI is InChI=1S/C13H16ClN5O2/c1-21-6-2-5-19-9-17-18-12(19)8-16-13(20)10-3-4-15-7-11(10)14/h3-4,7,9H,2,5-6,8H2,1H3,(H,16,20). The number of ether oxygens (including phenoxy) is 1. The topological polar surface area (TPSA) is 81.9 Å². The van der Waals surface area contributed by atoms with Crippen LogP contribution < -0.4 is 5.32 Å². The highest BCUT2D eigenvalue weighted by Gasteiger charge is 2.11. The molecule has 0 saturated heterocycles. The van der Waals surface area contributed by atoms with Gasteiger partial charge >= 0.3 is 0 Å². The Labute approximate surface area is 127 Å². The molecule has 1 amide bonds. The highest BCUT2D eigenvalue weighted by atomic mass is 35.5. The summed E-state index contributed by atoms with van der Waals surface area (Å²) in [4.78, 5) is 15.9. The van der Waals surface area contributed by atoms with Crippen LogP contribution in [-0.2, 0) is 17.8 Å². The number of carbonyl (C=O) groups is 1. The Bertz CT molecular complexity index is 602. The maximum absolute atomic E-state index is 12.0. The average molecular weight is 310 g/mol. The van der Waals surface area contributed by atoms with Crippen LogP contribution in [0.3, 0.4) is 0 Å². The van der Waals surface area contributed by atoms with Crippen molar-refractivity contribution < 1.29 is 9.53 Å². The van der Waals surface area contributed by atoms with E-state index in [2.05, 4.69) is 20.5 Å². The first-order valence-electron chi connectivity index (χ1n) is 6.45. The first kappa shape index (κ1) is 15.4. The van der Waals surface area contributed by atoms with Gasteiger partial charge in [-0.05, 0) is 12.5 Å². The highest BCUT2D eigenvalue weighted by molar-refractivity contribution is 6.33. The van der Waals surface area contributed by atoms with E-state index in [9.17, 15) is 4.79 Å². The molecule has 8 heteroatoms. The van der Waals surface area contributed by atoms with Crippen molar-refractivity contribution in [3.05, 3.63) is 41.2 Å². The number of halogens is 1. The molecule has 0 aliphatic carbocycles. The van der Waals surface area contributed by atoms with Crippen LogP contribution in [-0.4, -0.2) is 39.4 Å². The normalized spacial score (nSPS) is 10.6. The third-order valence-corrected chi connectivity index (χ3v) is 3.17. The lowest BCUT2D eigenvalue weighted by molar-refractivity contribution is 0.0949. The molecule has 2 heterocycles. The molecule has 0 bridgehead atoms. The summed E-state index contributed by atoms with van der Waals surface area (Å²) in [6.45, 7) is 1.68. The third kappa shape index (κ3) is 4.24. The number of nitrogens with zero attached hydrogens (tertiary/aromatic N) is 4. The first-order chi connectivity index (χ1) is 10.2. The van der Waals surface area contributed by atoms with Crippen LogP contribution in [0.25, 0.3) is 0 Å². The lowest BCUT2D eigenvalue weighted by Gasteiger charge is -2.08. The zero-order chi connectivity index (χ0) is 15.1. The lowest BCUT2D eigenvalue weighted by Crippen LogP contribution is -2.25. The number of methoxy groups -OCH3 is 1. The Morgan fingerprint density at radius 1 is 1.52 bits per heavy atom. The molecule has 2 aromatic heterocycles. The van der Waals surface area contributed by atoms with Gasteiger partial charge in [-0.25, -0.2) is 0 Å². The van der Waals surface area contributed by atoms with E-state index < -0.39 is 0 Å². The summed E-state index contributed by atoms with van der Waals surface area (Å²) in [5, 5.41) is 10.9. The van der Waals surface area contributed by atoms with Crippen molar-refractivity contribution >= 4 is 17.5 Å². The van der Waals surface area contributed by atoms with Gasteiger partial charge in [-0.3, -0.25) is 9.78 Å². The van der Waals surface area contributed by atoms with Crippen LogP contribution in [0.5, 0.6) is 0 Å². The second-order valence-corrected chi connectivity index (χ2v) is 4.73. The van der Waals surface area contributed by atoms with Crippen molar-refractivity contribution in [3.8, 4) is 0 Å². The summed E-state index contributed by atoms with van der Waals surface area (Å²) in [5.74, 6) is 0.415. The minimum Gasteiger partial charge on any atom is -0.385 e. The smallest absolute Gasteiger partial charge is 0.253 e. The maximum Gasteiger partial charge on any atom is 0.253 e. The molecule has 0 atom stereocenters. The summed E-state index contributed by atoms with van der Waals surface area (Å²) in [6, 6.07) is 1.57. The molecule has 0 fully saturated rings. The number of pyridine rings is 1. The predicted octanol–water partition coefficient (Wildman–Crippen LogP) is 1.29. The fourth-order valence-electron chi connectivity index (χ4n) is 1.80. The van der Waals surface area contributed by atoms with Gasteiger partial charge in [0.25, 0.3) is 5.91 Å². The predicted molar refractivity (Wildman–Crippen MR) is 76.9 cm³/mol. The summed E-state index contributed by atoms with van der Waals surface area (Å²) < 4.78 is 6.89. The fourth-order valence-corrected chi connectivity index (χ4v) is 2.00. The summed E-state index contributed by atoms with van der Waals surface area (Å²) in [5.41, 5.74) is 0.386. The van der Waals surface area contributed by atoms with Crippen LogP contribution in [0.2, 0.25) is 5.02 Å². The van der Waals surface area contributed by atoms with E-state index in [4.69, 9.17) is 16.3 Å². The molecule has 0 radical (unpaired) electrons. The Morgan fingerprint density at radius 2 is 2.38 bits per heavy atom. The Balaban J connectivity index is 1.93. The molecule has 0 unspecified atom stereocenters. The molecule has 0 aliphatic rings. The van der Waals surface area contributed by atoms with E-state index in [-0.39, 0.29) is 12.5 Å². The number of nitrogens with one attached hydrogen (secondary N) is 1. The van der Waals surface area contributed by atoms with Gasteiger partial charge in [-0.2, -0.15) is 0 Å². The first-order valence-corrected chi connectivity index (χ1v) is 6.83. The van der Waals surface area contributed by atoms with Gasteiger partial charge < -0.3 is 14.6 Å². The molecule has 0 aliphatic heterocycles. The Hall–Kier alpha value is -1.99. The second kappa shape index (κ2) is 7.70. The summed E-state index contributed by atoms with van der Waals surface area (Å²) in [6.07, 6.45) is 5.44. The van der Waals surface area contributed by atoms with Gasteiger partial charge in [0.2, 0.25) is 0 Å². The molecular formula is C13H16ClN5O2. The number of hydrogen-bond donors (Lipinski definition) is 1. The van der Waals surface area contributed by atoms with Crippen molar-refractivity contribution in [2.24, 2.45) is 0 Å². The molecular weight excluding hydrogens is 294 g/mol. The van der Waals surface area contributed by atoms with Gasteiger partial charge in [0.1, 0.15) is 6.33 Å². The summed E-state index contributed by atoms with van der Waals surface area (Å²) in [7, 11) is 1.66. The van der Waals surface area contributed by atoms with Gasteiger partial charge in [0, 0.05) is 32.7 Å². The number of aryl methyl sites for hydroxylation is 1. The van der Waals surface area contributed by atoms with E-state index >= 15 is 0 Å². The van der Waals surface area contributed by atoms with Crippen LogP contribution >= 0.6 is 11.6 Å². The van der Waals surface area contributed by atoms with E-state index in [0.29, 0.717) is 23.0 Å². The average Bonchev–Trinajstić information content (AvgIpc) is 2.93. The lowest BCUT2D eigenvalue weighted by atomic mass is 10.2. The molecule has 2 rings (SSSR count). The van der Waals surface area contributed by atoms with Crippen molar-refractivity contribution in [2.75, 3.05) is 13.7 Å². The number of aromatic nitrogens is 4. The van der Waals surface area contributed by atoms with E-state index in [1.807, 2.05) is 4.57 Å². The maximum atomic E-state index is 12.0. The van der Waals surface area contributed by atoms with Crippen LogP contribution in [0.4, 0.5) is 0 Å². The third-order valence-electron chi connectivity index (χ3n) is 2.87. The molecule has 2 aromatic rings. The molecule has 112 valence electrons. The van der Waals surface area contributed by atoms with Crippen LogP contribution in [0.15, 0.2) is 24.8 Å². The van der Waals surface area contributed by atoms with Crippen LogP contribution in [0, 0.1) is 0 Å². The van der Waals surface area contributed by atoms with E-state index in [1.165, 1.54) is 12.4 Å². The molecule has 21 heavy (non-hydrogen) atoms. The highest BCUT2D eigenvalue weighted by Crippen LogP contribution is 2.13. The largest absolute Gasteiger partial charge is 0.385 e. The minimum absolute atomic E-state index is 0.270. The van der Waals surface area contributed by atoms with Gasteiger partial charge in [0.15, 0.2) is 5.82 Å². The van der Waals surface area contributed by atoms with Gasteiger partial charge in [-0.15, -0.1) is 10.2 Å².